The molecule has 0 fully saturated rings. The average molecular weight is 310 g/mol. The van der Waals surface area contributed by atoms with E-state index in [4.69, 9.17) is 23.2 Å². The van der Waals surface area contributed by atoms with Crippen LogP contribution in [-0.2, 0) is 0 Å². The number of aromatic nitrogens is 1. The fourth-order valence-electron chi connectivity index (χ4n) is 1.67. The van der Waals surface area contributed by atoms with Gasteiger partial charge in [0.2, 0.25) is 0 Å². The van der Waals surface area contributed by atoms with Crippen LogP contribution >= 0.6 is 23.2 Å². The first-order chi connectivity index (χ1) is 9.58. The Morgan fingerprint density at radius 2 is 2.05 bits per heavy atom. The lowest BCUT2D eigenvalue weighted by Gasteiger charge is -2.15. The summed E-state index contributed by atoms with van der Waals surface area (Å²) in [5.41, 5.74) is 1.38. The maximum Gasteiger partial charge on any atom is 0.319 e. The predicted octanol–water partition coefficient (Wildman–Crippen LogP) is 4.27. The molecule has 2 rings (SSSR count). The van der Waals surface area contributed by atoms with Crippen LogP contribution < -0.4 is 10.6 Å². The van der Waals surface area contributed by atoms with Crippen LogP contribution in [0.1, 0.15) is 18.5 Å². The molecule has 0 aliphatic rings. The van der Waals surface area contributed by atoms with Crippen LogP contribution in [0.4, 0.5) is 10.5 Å². The molecule has 0 bridgehead atoms. The Morgan fingerprint density at radius 1 is 1.25 bits per heavy atom. The number of rotatable bonds is 3. The van der Waals surface area contributed by atoms with Crippen LogP contribution in [0.25, 0.3) is 0 Å². The van der Waals surface area contributed by atoms with Gasteiger partial charge in [0.25, 0.3) is 0 Å². The van der Waals surface area contributed by atoms with E-state index in [-0.39, 0.29) is 12.1 Å². The van der Waals surface area contributed by atoms with Crippen molar-refractivity contribution in [2.24, 2.45) is 0 Å². The molecule has 104 valence electrons. The second-order valence-corrected chi connectivity index (χ2v) is 4.99. The molecule has 0 aliphatic carbocycles. The molecule has 6 heteroatoms. The predicted molar refractivity (Wildman–Crippen MR) is 81.3 cm³/mol. The monoisotopic (exact) mass is 309 g/mol. The summed E-state index contributed by atoms with van der Waals surface area (Å²) >= 11 is 11.9. The summed E-state index contributed by atoms with van der Waals surface area (Å²) in [5.74, 6) is 0. The first kappa shape index (κ1) is 14.6. The zero-order chi connectivity index (χ0) is 14.5. The van der Waals surface area contributed by atoms with Crippen LogP contribution in [-0.4, -0.2) is 11.0 Å². The molecule has 2 N–H and O–H groups in total. The molecule has 4 nitrogen and oxygen atoms in total. The number of benzene rings is 1. The van der Waals surface area contributed by atoms with E-state index in [9.17, 15) is 4.79 Å². The third-order valence-corrected chi connectivity index (χ3v) is 3.55. The van der Waals surface area contributed by atoms with Crippen LogP contribution in [0.2, 0.25) is 10.0 Å². The van der Waals surface area contributed by atoms with E-state index in [1.165, 1.54) is 0 Å². The first-order valence-corrected chi connectivity index (χ1v) is 6.75. The van der Waals surface area contributed by atoms with Gasteiger partial charge in [-0.3, -0.25) is 4.98 Å². The highest BCUT2D eigenvalue weighted by molar-refractivity contribution is 6.43. The molecule has 20 heavy (non-hydrogen) atoms. The Labute approximate surface area is 127 Å². The van der Waals surface area contributed by atoms with E-state index in [1.807, 2.05) is 19.1 Å². The lowest BCUT2D eigenvalue weighted by Crippen LogP contribution is -2.31. The smallest absolute Gasteiger partial charge is 0.319 e. The van der Waals surface area contributed by atoms with Gasteiger partial charge in [0.05, 0.1) is 21.8 Å². The molecule has 1 atom stereocenters. The summed E-state index contributed by atoms with van der Waals surface area (Å²) in [7, 11) is 0. The number of hydrogen-bond acceptors (Lipinski definition) is 2. The zero-order valence-corrected chi connectivity index (χ0v) is 12.2. The van der Waals surface area contributed by atoms with E-state index < -0.39 is 0 Å². The number of carbonyl (C=O) groups excluding carboxylic acids is 1. The van der Waals surface area contributed by atoms with Crippen LogP contribution in [0.3, 0.4) is 0 Å². The van der Waals surface area contributed by atoms with Crippen molar-refractivity contribution in [1.82, 2.24) is 10.3 Å². The number of carbonyl (C=O) groups is 1. The first-order valence-electron chi connectivity index (χ1n) is 5.99. The largest absolute Gasteiger partial charge is 0.331 e. The maximum absolute atomic E-state index is 11.9. The highest BCUT2D eigenvalue weighted by Crippen LogP contribution is 2.29. The molecule has 1 heterocycles. The minimum atomic E-state index is -0.356. The minimum Gasteiger partial charge on any atom is -0.331 e. The molecule has 1 aromatic carbocycles. The normalized spacial score (nSPS) is 11.8. The second-order valence-electron chi connectivity index (χ2n) is 4.21. The SMILES string of the molecule is CC(NC(=O)Nc1cccc(Cl)c1Cl)c1cccnc1. The van der Waals surface area contributed by atoms with Crippen LogP contribution in [0.15, 0.2) is 42.7 Å². The lowest BCUT2D eigenvalue weighted by molar-refractivity contribution is 0.249. The molecule has 2 amide bonds. The number of nitrogens with zero attached hydrogens (tertiary/aromatic N) is 1. The minimum absolute atomic E-state index is 0.165. The fourth-order valence-corrected chi connectivity index (χ4v) is 2.02. The lowest BCUT2D eigenvalue weighted by atomic mass is 10.1. The van der Waals surface area contributed by atoms with Crippen molar-refractivity contribution in [3.63, 3.8) is 0 Å². The van der Waals surface area contributed by atoms with Gasteiger partial charge in [-0.1, -0.05) is 35.3 Å². The third kappa shape index (κ3) is 3.62. The highest BCUT2D eigenvalue weighted by Gasteiger charge is 2.11. The van der Waals surface area contributed by atoms with Gasteiger partial charge in [-0.05, 0) is 30.7 Å². The Balaban J connectivity index is 2.01. The summed E-state index contributed by atoms with van der Waals surface area (Å²) < 4.78 is 0. The topological polar surface area (TPSA) is 54.0 Å². The van der Waals surface area contributed by atoms with Gasteiger partial charge in [-0.25, -0.2) is 4.79 Å². The Bertz CT molecular complexity index is 605. The van der Waals surface area contributed by atoms with Crippen molar-refractivity contribution >= 4 is 34.9 Å². The molecule has 1 aromatic heterocycles. The summed E-state index contributed by atoms with van der Waals surface area (Å²) in [5, 5.41) is 6.18. The van der Waals surface area contributed by atoms with Gasteiger partial charge in [0, 0.05) is 12.4 Å². The molecule has 1 unspecified atom stereocenters. The fraction of sp³-hybridized carbons (Fsp3) is 0.143. The van der Waals surface area contributed by atoms with Crippen molar-refractivity contribution in [2.45, 2.75) is 13.0 Å². The number of nitrogens with one attached hydrogen (secondary N) is 2. The van der Waals surface area contributed by atoms with Crippen molar-refractivity contribution in [3.8, 4) is 0 Å². The van der Waals surface area contributed by atoms with Gasteiger partial charge >= 0.3 is 6.03 Å². The zero-order valence-electron chi connectivity index (χ0n) is 10.7. The Hall–Kier alpha value is -1.78. The van der Waals surface area contributed by atoms with Crippen molar-refractivity contribution < 1.29 is 4.79 Å². The van der Waals surface area contributed by atoms with E-state index in [0.717, 1.165) is 5.56 Å². The quantitative estimate of drug-likeness (QED) is 0.889. The van der Waals surface area contributed by atoms with E-state index in [0.29, 0.717) is 15.7 Å². The summed E-state index contributed by atoms with van der Waals surface area (Å²) in [6.45, 7) is 1.87. The van der Waals surface area contributed by atoms with E-state index >= 15 is 0 Å². The number of pyridine rings is 1. The number of urea groups is 1. The van der Waals surface area contributed by atoms with Crippen LogP contribution in [0.5, 0.6) is 0 Å². The number of halogens is 2. The van der Waals surface area contributed by atoms with Gasteiger partial charge in [-0.15, -0.1) is 0 Å². The van der Waals surface area contributed by atoms with Gasteiger partial charge < -0.3 is 10.6 Å². The standard InChI is InChI=1S/C14H13Cl2N3O/c1-9(10-4-3-7-17-8-10)18-14(20)19-12-6-2-5-11(15)13(12)16/h2-9H,1H3,(H2,18,19,20). The van der Waals surface area contributed by atoms with Gasteiger partial charge in [0.15, 0.2) is 0 Å². The molecule has 0 radical (unpaired) electrons. The van der Waals surface area contributed by atoms with Crippen molar-refractivity contribution in [1.29, 1.82) is 0 Å². The average Bonchev–Trinajstić information content (AvgIpc) is 2.45. The number of anilines is 1. The number of amides is 2. The molecule has 0 saturated heterocycles. The van der Waals surface area contributed by atoms with E-state index in [2.05, 4.69) is 15.6 Å². The van der Waals surface area contributed by atoms with Crippen molar-refractivity contribution in [2.75, 3.05) is 5.32 Å². The summed E-state index contributed by atoms with van der Waals surface area (Å²) in [6, 6.07) is 8.25. The van der Waals surface area contributed by atoms with Crippen LogP contribution in [0, 0.1) is 0 Å². The molecular formula is C14H13Cl2N3O. The molecule has 0 saturated carbocycles. The molecule has 0 aliphatic heterocycles. The number of hydrogen-bond donors (Lipinski definition) is 2. The molecular weight excluding hydrogens is 297 g/mol. The summed E-state index contributed by atoms with van der Waals surface area (Å²) in [4.78, 5) is 15.9. The molecule has 0 spiro atoms. The Morgan fingerprint density at radius 3 is 2.75 bits per heavy atom. The van der Waals surface area contributed by atoms with Gasteiger partial charge in [0.1, 0.15) is 0 Å². The highest BCUT2D eigenvalue weighted by atomic mass is 35.5. The second kappa shape index (κ2) is 6.59. The summed E-state index contributed by atoms with van der Waals surface area (Å²) in [6.07, 6.45) is 3.39. The Kier molecular flexibility index (Phi) is 4.82. The third-order valence-electron chi connectivity index (χ3n) is 2.73. The van der Waals surface area contributed by atoms with Gasteiger partial charge in [-0.2, -0.15) is 0 Å². The maximum atomic E-state index is 11.9. The molecule has 2 aromatic rings. The van der Waals surface area contributed by atoms with E-state index in [1.54, 1.807) is 30.6 Å². The van der Waals surface area contributed by atoms with Crippen molar-refractivity contribution in [3.05, 3.63) is 58.3 Å².